The van der Waals surface area contributed by atoms with E-state index in [1.165, 1.54) is 10.5 Å². The van der Waals surface area contributed by atoms with Crippen molar-refractivity contribution in [2.24, 2.45) is 0 Å². The first kappa shape index (κ1) is 25.9. The molecular weight excluding hydrogens is 454 g/mol. The Kier molecular flexibility index (Phi) is 10.4. The summed E-state index contributed by atoms with van der Waals surface area (Å²) in [5.74, 6) is -0.136. The van der Waals surface area contributed by atoms with E-state index in [-0.39, 0.29) is 16.8 Å². The van der Waals surface area contributed by atoms with Gasteiger partial charge in [0.2, 0.25) is 0 Å². The van der Waals surface area contributed by atoms with Gasteiger partial charge in [0, 0.05) is 26.7 Å². The molecule has 0 aliphatic carbocycles. The molecule has 0 amide bonds. The third-order valence-corrected chi connectivity index (χ3v) is 6.32. The number of carbonyl (C=O) groups excluding carboxylic acids is 1. The van der Waals surface area contributed by atoms with Crippen molar-refractivity contribution in [1.82, 2.24) is 4.31 Å². The van der Waals surface area contributed by atoms with Crippen molar-refractivity contribution in [2.75, 3.05) is 12.8 Å². The minimum atomic E-state index is -0.445. The molecule has 3 nitrogen and oxygen atoms in total. The van der Waals surface area contributed by atoms with E-state index >= 15 is 0 Å². The van der Waals surface area contributed by atoms with Gasteiger partial charge < -0.3 is 4.74 Å². The molecule has 0 spiro atoms. The van der Waals surface area contributed by atoms with Crippen molar-refractivity contribution in [2.45, 2.75) is 89.0 Å². The molecule has 0 aliphatic heterocycles. The van der Waals surface area contributed by atoms with Gasteiger partial charge in [-0.05, 0) is 71.9 Å². The Bertz CT molecular complexity index is 638. The van der Waals surface area contributed by atoms with Gasteiger partial charge in [0.05, 0.1) is 6.42 Å². The highest BCUT2D eigenvalue weighted by Crippen LogP contribution is 2.41. The second-order valence-corrected chi connectivity index (χ2v) is 12.5. The molecule has 0 bridgehead atoms. The number of nitrogens with zero attached hydrogens (tertiary/aromatic N) is 1. The summed E-state index contributed by atoms with van der Waals surface area (Å²) in [5, 5.41) is 0. The van der Waals surface area contributed by atoms with Crippen molar-refractivity contribution in [3.63, 3.8) is 0 Å². The Hall–Kier alpha value is -0.170. The molecule has 6 heteroatoms. The van der Waals surface area contributed by atoms with Crippen molar-refractivity contribution < 1.29 is 9.53 Å². The predicted octanol–water partition coefficient (Wildman–Crippen LogP) is 7.49. The summed E-state index contributed by atoms with van der Waals surface area (Å²) in [7, 11) is 0. The number of rotatable bonds is 9. The van der Waals surface area contributed by atoms with Crippen LogP contribution in [0.4, 0.5) is 0 Å². The molecule has 0 fully saturated rings. The molecule has 1 atom stereocenters. The minimum Gasteiger partial charge on any atom is -0.460 e. The summed E-state index contributed by atoms with van der Waals surface area (Å²) in [6.45, 7) is 15.3. The van der Waals surface area contributed by atoms with E-state index in [0.717, 1.165) is 17.3 Å². The number of hydrogen-bond acceptors (Lipinski definition) is 5. The fourth-order valence-electron chi connectivity index (χ4n) is 2.90. The summed E-state index contributed by atoms with van der Waals surface area (Å²) >= 11 is 7.20. The van der Waals surface area contributed by atoms with Gasteiger partial charge in [-0.25, -0.2) is 4.31 Å². The topological polar surface area (TPSA) is 29.5 Å². The average Bonchev–Trinajstić information content (AvgIpc) is 2.54. The molecule has 1 aromatic rings. The zero-order chi connectivity index (χ0) is 21.5. The average molecular weight is 491 g/mol. The van der Waals surface area contributed by atoms with Crippen LogP contribution in [0.5, 0.6) is 0 Å². The highest BCUT2D eigenvalue weighted by Gasteiger charge is 2.28. The van der Waals surface area contributed by atoms with Crippen LogP contribution in [0, 0.1) is 0 Å². The molecule has 0 aliphatic rings. The highest BCUT2D eigenvalue weighted by molar-refractivity contribution is 9.10. The number of esters is 1. The van der Waals surface area contributed by atoms with Crippen LogP contribution in [-0.2, 0) is 9.53 Å². The number of carbonyl (C=O) groups is 1. The lowest BCUT2D eigenvalue weighted by molar-refractivity contribution is -0.155. The quantitative estimate of drug-likeness (QED) is 0.203. The van der Waals surface area contributed by atoms with Gasteiger partial charge in [-0.1, -0.05) is 47.3 Å². The SMILES string of the molecule is CCCC(c1ccc(Br)cc1SC)N(CCC(=O)OC(C)(C)C)SC(C)(C)C. The molecule has 0 saturated carbocycles. The van der Waals surface area contributed by atoms with Crippen molar-refractivity contribution >= 4 is 45.6 Å². The van der Waals surface area contributed by atoms with Crippen molar-refractivity contribution in [1.29, 1.82) is 0 Å². The standard InChI is InChI=1S/C22H36BrNO2S2/c1-9-10-18(17-12-11-16(23)15-19(17)27-8)24(28-22(5,6)7)14-13-20(25)26-21(2,3)4/h11-12,15,18H,9-10,13-14H2,1-8H3. The van der Waals surface area contributed by atoms with E-state index in [1.807, 2.05) is 32.7 Å². The van der Waals surface area contributed by atoms with Crippen LogP contribution in [-0.4, -0.2) is 33.4 Å². The van der Waals surface area contributed by atoms with Gasteiger partial charge >= 0.3 is 5.97 Å². The molecule has 0 N–H and O–H groups in total. The van der Waals surface area contributed by atoms with Crippen LogP contribution < -0.4 is 0 Å². The molecule has 0 heterocycles. The lowest BCUT2D eigenvalue weighted by Crippen LogP contribution is -2.32. The van der Waals surface area contributed by atoms with Crippen LogP contribution in [0.2, 0.25) is 0 Å². The zero-order valence-corrected chi connectivity index (χ0v) is 21.8. The van der Waals surface area contributed by atoms with Crippen LogP contribution >= 0.6 is 39.6 Å². The number of ether oxygens (including phenoxy) is 1. The maximum Gasteiger partial charge on any atom is 0.307 e. The summed E-state index contributed by atoms with van der Waals surface area (Å²) in [6.07, 6.45) is 4.65. The van der Waals surface area contributed by atoms with E-state index in [2.05, 4.69) is 72.4 Å². The molecule has 0 saturated heterocycles. The molecule has 0 aromatic heterocycles. The molecule has 1 rings (SSSR count). The Balaban J connectivity index is 3.14. The number of benzene rings is 1. The Morgan fingerprint density at radius 1 is 1.21 bits per heavy atom. The van der Waals surface area contributed by atoms with Gasteiger partial charge in [-0.15, -0.1) is 11.8 Å². The fourth-order valence-corrected chi connectivity index (χ4v) is 5.33. The van der Waals surface area contributed by atoms with E-state index < -0.39 is 5.60 Å². The van der Waals surface area contributed by atoms with Gasteiger partial charge in [-0.3, -0.25) is 4.79 Å². The Labute approximate surface area is 189 Å². The second-order valence-electron chi connectivity index (χ2n) is 8.87. The maximum atomic E-state index is 12.3. The lowest BCUT2D eigenvalue weighted by atomic mass is 10.0. The predicted molar refractivity (Wildman–Crippen MR) is 128 cm³/mol. The third kappa shape index (κ3) is 9.55. The van der Waals surface area contributed by atoms with E-state index in [1.54, 1.807) is 11.8 Å². The number of hydrogen-bond donors (Lipinski definition) is 0. The molecule has 1 aromatic carbocycles. The van der Waals surface area contributed by atoms with Crippen molar-refractivity contribution in [3.8, 4) is 0 Å². The van der Waals surface area contributed by atoms with Crippen LogP contribution in [0.3, 0.4) is 0 Å². The first-order valence-corrected chi connectivity index (χ1v) is 12.7. The molecule has 0 radical (unpaired) electrons. The monoisotopic (exact) mass is 489 g/mol. The van der Waals surface area contributed by atoms with Crippen molar-refractivity contribution in [3.05, 3.63) is 28.2 Å². The smallest absolute Gasteiger partial charge is 0.307 e. The minimum absolute atomic E-state index is 0.0643. The number of halogens is 1. The summed E-state index contributed by atoms with van der Waals surface area (Å²) < 4.78 is 9.10. The highest BCUT2D eigenvalue weighted by atomic mass is 79.9. The lowest BCUT2D eigenvalue weighted by Gasteiger charge is -2.36. The van der Waals surface area contributed by atoms with E-state index in [4.69, 9.17) is 4.74 Å². The summed E-state index contributed by atoms with van der Waals surface area (Å²) in [5.41, 5.74) is 0.887. The molecular formula is C22H36BrNO2S2. The van der Waals surface area contributed by atoms with E-state index in [9.17, 15) is 4.79 Å². The van der Waals surface area contributed by atoms with Crippen LogP contribution in [0.1, 0.15) is 79.3 Å². The van der Waals surface area contributed by atoms with Gasteiger partial charge in [-0.2, -0.15) is 0 Å². The molecule has 1 unspecified atom stereocenters. The first-order chi connectivity index (χ1) is 12.9. The van der Waals surface area contributed by atoms with Gasteiger partial charge in [0.25, 0.3) is 0 Å². The maximum absolute atomic E-state index is 12.3. The summed E-state index contributed by atoms with van der Waals surface area (Å²) in [4.78, 5) is 13.6. The first-order valence-electron chi connectivity index (χ1n) is 9.87. The zero-order valence-electron chi connectivity index (χ0n) is 18.6. The Morgan fingerprint density at radius 2 is 1.86 bits per heavy atom. The summed E-state index contributed by atoms with van der Waals surface area (Å²) in [6, 6.07) is 6.79. The molecule has 28 heavy (non-hydrogen) atoms. The van der Waals surface area contributed by atoms with Crippen LogP contribution in [0.15, 0.2) is 27.6 Å². The van der Waals surface area contributed by atoms with Gasteiger partial charge in [0.15, 0.2) is 0 Å². The normalized spacial score (nSPS) is 13.6. The number of thioether (sulfide) groups is 1. The second kappa shape index (κ2) is 11.3. The fraction of sp³-hybridized carbons (Fsp3) is 0.682. The Morgan fingerprint density at radius 3 is 2.36 bits per heavy atom. The molecule has 160 valence electrons. The van der Waals surface area contributed by atoms with Crippen LogP contribution in [0.25, 0.3) is 0 Å². The largest absolute Gasteiger partial charge is 0.460 e. The van der Waals surface area contributed by atoms with Gasteiger partial charge in [0.1, 0.15) is 5.60 Å². The third-order valence-electron chi connectivity index (χ3n) is 3.81. The van der Waals surface area contributed by atoms with E-state index in [0.29, 0.717) is 13.0 Å².